The maximum atomic E-state index is 14.4. The Bertz CT molecular complexity index is 3030. The standard InChI is InChI=1S/C71H92N2O5/c1-44(2)35-52-28-31-67(3)62(76)30-33-70-58-29-32-68(4)64-55(65(77)78)26-24-50(43-74)53(46-16-7-5-8-17-46)23-14-34-72-63-27-25-49(42-73-63)47-19-13-15-45(36-47)37-56-54-22-12-11-18-48(54)38-59(70)57(56)39-69(52,66(67)70)40-60(58)71(68,41-61(64)75)51-20-9-6-10-21-51/h11-13,15,18-19,22,25,27-28,36,38-39,43-44,46,51,53,55,59,61-62,64,66,72-76H,5-10,14,16-17,20-21,23-24,26,29-35,37,40-42H2,1-4H3,(H,77,78). The number of rotatable bonds is 5. The lowest BCUT2D eigenvalue weighted by Gasteiger charge is -2.74. The molecule has 2 aromatic carbocycles. The van der Waals surface area contributed by atoms with Gasteiger partial charge in [-0.3, -0.25) is 4.79 Å². The molecule has 0 radical (unpaired) electrons. The van der Waals surface area contributed by atoms with Crippen LogP contribution in [-0.4, -0.2) is 51.7 Å². The Morgan fingerprint density at radius 2 is 1.64 bits per heavy atom. The van der Waals surface area contributed by atoms with Crippen molar-refractivity contribution in [1.29, 1.82) is 0 Å². The maximum absolute atomic E-state index is 14.4. The SMILES string of the molecule is CC(C)CC1=CCC2(C)C(O)CCC34C5=C6CC1(C=C1C(=c7ccccc7=CC13)Cc1cccc(c1)C1=CC=C(NCCCC(C3CCCCC3)C(=CO)CCC(C(=O)O)C3C(O)CC6(C6CCCCC6)C3(C)CC5)NC1)C24. The largest absolute Gasteiger partial charge is 0.516 e. The fraction of sp³-hybridized carbons (Fsp3) is 0.620. The van der Waals surface area contributed by atoms with E-state index in [1.54, 1.807) is 16.7 Å². The topological polar surface area (TPSA) is 122 Å². The first-order chi connectivity index (χ1) is 37.8. The number of aliphatic carboxylic acids is 1. The lowest BCUT2D eigenvalue weighted by Crippen LogP contribution is -2.69. The third-order valence-electron chi connectivity index (χ3n) is 24.4. The summed E-state index contributed by atoms with van der Waals surface area (Å²) in [5.41, 5.74) is 10.9. The lowest BCUT2D eigenvalue weighted by atomic mass is 9.29. The molecule has 9 aliphatic carbocycles. The smallest absolute Gasteiger partial charge is 0.306 e. The van der Waals surface area contributed by atoms with E-state index in [0.29, 0.717) is 37.0 Å². The number of carbonyl (C=O) groups is 1. The Hall–Kier alpha value is -4.59. The van der Waals surface area contributed by atoms with E-state index in [-0.39, 0.29) is 39.4 Å². The molecule has 7 nitrogen and oxygen atoms in total. The van der Waals surface area contributed by atoms with Crippen molar-refractivity contribution in [3.63, 3.8) is 0 Å². The number of hydrogen-bond donors (Lipinski definition) is 6. The van der Waals surface area contributed by atoms with E-state index >= 15 is 0 Å². The van der Waals surface area contributed by atoms with Crippen LogP contribution in [0.1, 0.15) is 180 Å². The molecule has 4 saturated carbocycles. The third-order valence-corrected chi connectivity index (χ3v) is 24.4. The van der Waals surface area contributed by atoms with Crippen molar-refractivity contribution < 1.29 is 25.2 Å². The second kappa shape index (κ2) is 20.1. The molecule has 0 amide bonds. The molecule has 6 aliphatic heterocycles. The van der Waals surface area contributed by atoms with E-state index in [9.17, 15) is 25.2 Å². The van der Waals surface area contributed by atoms with Crippen molar-refractivity contribution in [2.75, 3.05) is 13.1 Å². The van der Waals surface area contributed by atoms with Gasteiger partial charge in [0.05, 0.1) is 30.2 Å². The van der Waals surface area contributed by atoms with Gasteiger partial charge in [0.1, 0.15) is 0 Å². The van der Waals surface area contributed by atoms with Gasteiger partial charge in [-0.25, -0.2) is 0 Å². The molecule has 12 unspecified atom stereocenters. The van der Waals surface area contributed by atoms with Crippen LogP contribution in [0.4, 0.5) is 0 Å². The van der Waals surface area contributed by atoms with Crippen LogP contribution in [0.3, 0.4) is 0 Å². The Balaban J connectivity index is 1.04. The summed E-state index contributed by atoms with van der Waals surface area (Å²) in [7, 11) is 0. The van der Waals surface area contributed by atoms with Gasteiger partial charge in [0.15, 0.2) is 0 Å². The monoisotopic (exact) mass is 1050 g/mol. The van der Waals surface area contributed by atoms with Crippen LogP contribution in [-0.2, 0) is 11.2 Å². The summed E-state index contributed by atoms with van der Waals surface area (Å²) in [5.74, 6) is 0.893. The second-order valence-electron chi connectivity index (χ2n) is 28.3. The summed E-state index contributed by atoms with van der Waals surface area (Å²) >= 11 is 0. The number of carboxylic acid groups (broad SMARTS) is 1. The lowest BCUT2D eigenvalue weighted by molar-refractivity contribution is -0.168. The zero-order valence-electron chi connectivity index (χ0n) is 47.7. The number of allylic oxidation sites excluding steroid dienone is 9. The number of aliphatic hydroxyl groups is 3. The maximum Gasteiger partial charge on any atom is 0.306 e. The van der Waals surface area contributed by atoms with Crippen molar-refractivity contribution in [1.82, 2.24) is 10.6 Å². The van der Waals surface area contributed by atoms with Gasteiger partial charge in [-0.15, -0.1) is 0 Å². The molecular weight excluding hydrogens is 961 g/mol. The average molecular weight is 1050 g/mol. The van der Waals surface area contributed by atoms with Crippen LogP contribution in [0.25, 0.3) is 17.2 Å². The summed E-state index contributed by atoms with van der Waals surface area (Å²) in [5, 5.41) is 59.4. The molecule has 416 valence electrons. The highest BCUT2D eigenvalue weighted by molar-refractivity contribution is 5.78. The second-order valence-corrected chi connectivity index (χ2v) is 28.3. The predicted molar refractivity (Wildman–Crippen MR) is 314 cm³/mol. The van der Waals surface area contributed by atoms with Gasteiger partial charge >= 0.3 is 5.97 Å². The Morgan fingerprint density at radius 3 is 2.40 bits per heavy atom. The molecule has 15 aliphatic rings. The van der Waals surface area contributed by atoms with Crippen molar-refractivity contribution in [2.45, 2.75) is 188 Å². The van der Waals surface area contributed by atoms with Crippen LogP contribution in [0.2, 0.25) is 0 Å². The molecule has 0 saturated heterocycles. The minimum atomic E-state index is -0.783. The van der Waals surface area contributed by atoms with Crippen molar-refractivity contribution >= 4 is 23.2 Å². The van der Waals surface area contributed by atoms with Gasteiger partial charge in [0, 0.05) is 46.6 Å². The number of aliphatic hydroxyl groups excluding tert-OH is 3. The van der Waals surface area contributed by atoms with Gasteiger partial charge in [0.25, 0.3) is 0 Å². The van der Waals surface area contributed by atoms with E-state index in [0.717, 1.165) is 114 Å². The van der Waals surface area contributed by atoms with Crippen LogP contribution in [0.15, 0.2) is 113 Å². The van der Waals surface area contributed by atoms with Crippen molar-refractivity contribution in [3.8, 4) is 0 Å². The summed E-state index contributed by atoms with van der Waals surface area (Å²) < 4.78 is 0. The van der Waals surface area contributed by atoms with E-state index in [4.69, 9.17) is 0 Å². The van der Waals surface area contributed by atoms with E-state index in [1.165, 1.54) is 83.1 Å². The third kappa shape index (κ3) is 8.00. The van der Waals surface area contributed by atoms with Gasteiger partial charge in [-0.05, 0) is 194 Å². The average Bonchev–Trinajstić information content (AvgIpc) is 1.35. The highest BCUT2D eigenvalue weighted by Gasteiger charge is 2.76. The minimum absolute atomic E-state index is 0.113. The molecule has 6 N–H and O–H groups in total. The molecule has 12 atom stereocenters. The normalized spacial score (nSPS) is 39.3. The Kier molecular flexibility index (Phi) is 13.6. The molecule has 17 rings (SSSR count). The zero-order valence-corrected chi connectivity index (χ0v) is 47.7. The molecule has 14 bridgehead atoms. The molecule has 4 fully saturated rings. The summed E-state index contributed by atoms with van der Waals surface area (Å²) in [4.78, 5) is 14.4. The van der Waals surface area contributed by atoms with Gasteiger partial charge < -0.3 is 31.1 Å². The van der Waals surface area contributed by atoms with Gasteiger partial charge in [-0.2, -0.15) is 0 Å². The summed E-state index contributed by atoms with van der Waals surface area (Å²) in [6.45, 7) is 11.3. The van der Waals surface area contributed by atoms with Gasteiger partial charge in [-0.1, -0.05) is 156 Å². The molecule has 7 heteroatoms. The molecule has 2 aromatic rings. The van der Waals surface area contributed by atoms with E-state index in [1.807, 2.05) is 0 Å². The summed E-state index contributed by atoms with van der Waals surface area (Å²) in [6, 6.07) is 18.6. The first-order valence-corrected chi connectivity index (χ1v) is 31.6. The first kappa shape index (κ1) is 52.8. The number of carboxylic acids is 1. The van der Waals surface area contributed by atoms with Crippen LogP contribution < -0.4 is 21.1 Å². The predicted octanol–water partition coefficient (Wildman–Crippen LogP) is 13.3. The van der Waals surface area contributed by atoms with E-state index in [2.05, 4.69) is 117 Å². The van der Waals surface area contributed by atoms with Gasteiger partial charge in [0.2, 0.25) is 0 Å². The Morgan fingerprint density at radius 1 is 0.846 bits per heavy atom. The highest BCUT2D eigenvalue weighted by Crippen LogP contribution is 2.83. The van der Waals surface area contributed by atoms with E-state index < -0.39 is 35.4 Å². The molecule has 0 aromatic heterocycles. The number of dihydropyridines is 1. The fourth-order valence-electron chi connectivity index (χ4n) is 21.4. The zero-order chi connectivity index (χ0) is 53.8. The van der Waals surface area contributed by atoms with Crippen molar-refractivity contribution in [3.05, 3.63) is 134 Å². The number of nitrogens with one attached hydrogen (secondary N) is 2. The minimum Gasteiger partial charge on any atom is -0.516 e. The number of fused-ring (bicyclic) bond motifs is 1. The van der Waals surface area contributed by atoms with Crippen LogP contribution >= 0.6 is 0 Å². The van der Waals surface area contributed by atoms with Crippen LogP contribution in [0, 0.1) is 74.4 Å². The highest BCUT2D eigenvalue weighted by atomic mass is 16.4. The number of hydrogen-bond acceptors (Lipinski definition) is 6. The molecular formula is C71H92N2O5. The molecule has 6 heterocycles. The first-order valence-electron chi connectivity index (χ1n) is 31.6. The molecule has 2 spiro atoms. The summed E-state index contributed by atoms with van der Waals surface area (Å²) in [6.07, 6.45) is 35.3. The van der Waals surface area contributed by atoms with Crippen LogP contribution in [0.5, 0.6) is 0 Å². The molecule has 78 heavy (non-hydrogen) atoms. The fourth-order valence-corrected chi connectivity index (χ4v) is 21.4. The van der Waals surface area contributed by atoms with Crippen molar-refractivity contribution in [2.24, 2.45) is 74.4 Å². The Labute approximate surface area is 466 Å². The quantitative estimate of drug-likeness (QED) is 0.130. The number of benzene rings is 2.